The van der Waals surface area contributed by atoms with Crippen LogP contribution in [0.4, 0.5) is 0 Å². The minimum atomic E-state index is -0.370. The Labute approximate surface area is 77.8 Å². The molecule has 3 nitrogen and oxygen atoms in total. The molecule has 3 heteroatoms. The predicted octanol–water partition coefficient (Wildman–Crippen LogP) is 1.41. The summed E-state index contributed by atoms with van der Waals surface area (Å²) in [6, 6.07) is 0. The summed E-state index contributed by atoms with van der Waals surface area (Å²) in [5.41, 5.74) is 1.73. The van der Waals surface area contributed by atoms with Crippen molar-refractivity contribution < 1.29 is 10.3 Å². The first-order chi connectivity index (χ1) is 6.00. The fourth-order valence-electron chi connectivity index (χ4n) is 2.67. The number of allylic oxidation sites excluding steroid dienone is 1. The maximum absolute atomic E-state index is 9.73. The third-order valence-electron chi connectivity index (χ3n) is 3.51. The molecule has 0 amide bonds. The van der Waals surface area contributed by atoms with Crippen LogP contribution in [0.2, 0.25) is 0 Å². The first-order valence-electron chi connectivity index (χ1n) is 4.59. The first-order valence-corrected chi connectivity index (χ1v) is 4.59. The van der Waals surface area contributed by atoms with E-state index in [0.29, 0.717) is 0 Å². The molecule has 0 aliphatic heterocycles. The van der Waals surface area contributed by atoms with Crippen LogP contribution in [0.3, 0.4) is 0 Å². The van der Waals surface area contributed by atoms with E-state index in [1.54, 1.807) is 6.08 Å². The van der Waals surface area contributed by atoms with Gasteiger partial charge in [0.2, 0.25) is 0 Å². The van der Waals surface area contributed by atoms with Crippen molar-refractivity contribution in [1.29, 1.82) is 0 Å². The van der Waals surface area contributed by atoms with Crippen molar-refractivity contribution in [3.63, 3.8) is 0 Å². The van der Waals surface area contributed by atoms with Gasteiger partial charge < -0.3 is 10.3 Å². The molecule has 3 atom stereocenters. The van der Waals surface area contributed by atoms with E-state index in [0.717, 1.165) is 11.3 Å². The largest absolute Gasteiger partial charge is 0.411 e. The second-order valence-electron chi connectivity index (χ2n) is 4.65. The summed E-state index contributed by atoms with van der Waals surface area (Å²) in [5, 5.41) is 21.9. The average Bonchev–Trinajstić information content (AvgIpc) is 2.55. The molecule has 0 heterocycles. The van der Waals surface area contributed by atoms with Crippen LogP contribution in [-0.4, -0.2) is 22.1 Å². The van der Waals surface area contributed by atoms with Gasteiger partial charge in [0.05, 0.1) is 11.8 Å². The fourth-order valence-corrected chi connectivity index (χ4v) is 2.67. The maximum atomic E-state index is 9.73. The lowest BCUT2D eigenvalue weighted by Crippen LogP contribution is -2.19. The Bertz CT molecular complexity index is 304. The lowest BCUT2D eigenvalue weighted by Gasteiger charge is -2.13. The van der Waals surface area contributed by atoms with Gasteiger partial charge in [-0.05, 0) is 17.9 Å². The second-order valence-corrected chi connectivity index (χ2v) is 4.65. The van der Waals surface area contributed by atoms with Crippen LogP contribution in [0, 0.1) is 17.3 Å². The zero-order valence-electron chi connectivity index (χ0n) is 8.15. The highest BCUT2D eigenvalue weighted by Crippen LogP contribution is 2.63. The predicted molar refractivity (Wildman–Crippen MR) is 49.7 cm³/mol. The van der Waals surface area contributed by atoms with Crippen LogP contribution >= 0.6 is 0 Å². The molecule has 0 aromatic carbocycles. The van der Waals surface area contributed by atoms with Crippen LogP contribution < -0.4 is 0 Å². The van der Waals surface area contributed by atoms with Crippen molar-refractivity contribution in [2.24, 2.45) is 22.4 Å². The Morgan fingerprint density at radius 2 is 2.08 bits per heavy atom. The zero-order chi connectivity index (χ0) is 9.80. The van der Waals surface area contributed by atoms with E-state index in [2.05, 4.69) is 19.0 Å². The summed E-state index contributed by atoms with van der Waals surface area (Å²) in [5.74, 6) is 0.472. The minimum Gasteiger partial charge on any atom is -0.411 e. The Morgan fingerprint density at radius 1 is 1.46 bits per heavy atom. The number of hydrogen-bond acceptors (Lipinski definition) is 3. The fraction of sp³-hybridized carbons (Fsp3) is 0.700. The third kappa shape index (κ3) is 0.967. The highest BCUT2D eigenvalue weighted by Gasteiger charge is 2.64. The summed E-state index contributed by atoms with van der Waals surface area (Å²) in [4.78, 5) is 0. The van der Waals surface area contributed by atoms with Crippen LogP contribution in [0.5, 0.6) is 0 Å². The van der Waals surface area contributed by atoms with Gasteiger partial charge in [0.25, 0.3) is 0 Å². The van der Waals surface area contributed by atoms with Gasteiger partial charge in [-0.3, -0.25) is 0 Å². The standard InChI is InChI=1S/C10H15NO2/c1-5-4-6(12)7-8(9(5)11-13)10(7,2)3/h4,6-8,12-13H,1-3H3/b11-9-. The van der Waals surface area contributed by atoms with E-state index in [1.807, 2.05) is 6.92 Å². The lowest BCUT2D eigenvalue weighted by atomic mass is 9.97. The summed E-state index contributed by atoms with van der Waals surface area (Å²) < 4.78 is 0. The second kappa shape index (κ2) is 2.35. The van der Waals surface area contributed by atoms with E-state index in [4.69, 9.17) is 5.21 Å². The van der Waals surface area contributed by atoms with Gasteiger partial charge in [-0.25, -0.2) is 0 Å². The van der Waals surface area contributed by atoms with Gasteiger partial charge in [-0.2, -0.15) is 0 Å². The number of oxime groups is 1. The van der Waals surface area contributed by atoms with E-state index < -0.39 is 0 Å². The molecule has 0 saturated heterocycles. The number of nitrogens with zero attached hydrogens (tertiary/aromatic N) is 1. The van der Waals surface area contributed by atoms with Gasteiger partial charge in [-0.15, -0.1) is 0 Å². The van der Waals surface area contributed by atoms with E-state index in [9.17, 15) is 5.11 Å². The van der Waals surface area contributed by atoms with Crippen molar-refractivity contribution in [3.8, 4) is 0 Å². The molecule has 0 bridgehead atoms. The van der Waals surface area contributed by atoms with Crippen LogP contribution in [0.25, 0.3) is 0 Å². The highest BCUT2D eigenvalue weighted by molar-refractivity contribution is 6.04. The van der Waals surface area contributed by atoms with Crippen LogP contribution in [0.15, 0.2) is 16.8 Å². The third-order valence-corrected chi connectivity index (χ3v) is 3.51. The van der Waals surface area contributed by atoms with Crippen molar-refractivity contribution in [3.05, 3.63) is 11.6 Å². The van der Waals surface area contributed by atoms with E-state index in [1.165, 1.54) is 0 Å². The number of rotatable bonds is 0. The molecule has 2 rings (SSSR count). The molecule has 1 saturated carbocycles. The Hall–Kier alpha value is -0.830. The van der Waals surface area contributed by atoms with Gasteiger partial charge in [0, 0.05) is 11.8 Å². The number of hydrogen-bond donors (Lipinski definition) is 2. The Morgan fingerprint density at radius 3 is 2.62 bits per heavy atom. The summed E-state index contributed by atoms with van der Waals surface area (Å²) in [6.45, 7) is 6.08. The SMILES string of the molecule is CC1=CC(O)C2C(/C1=N\O)C2(C)C. The van der Waals surface area contributed by atoms with Gasteiger partial charge in [0.15, 0.2) is 0 Å². The smallest absolute Gasteiger partial charge is 0.0862 e. The number of aliphatic hydroxyl groups is 1. The highest BCUT2D eigenvalue weighted by atomic mass is 16.4. The Kier molecular flexibility index (Phi) is 1.58. The van der Waals surface area contributed by atoms with Gasteiger partial charge in [-0.1, -0.05) is 25.1 Å². The van der Waals surface area contributed by atoms with E-state index >= 15 is 0 Å². The molecule has 1 fully saturated rings. The Balaban J connectivity index is 2.39. The molecule has 2 N–H and O–H groups in total. The minimum absolute atomic E-state index is 0.0786. The average molecular weight is 181 g/mol. The molecule has 72 valence electrons. The lowest BCUT2D eigenvalue weighted by molar-refractivity contribution is 0.179. The van der Waals surface area contributed by atoms with Crippen LogP contribution in [-0.2, 0) is 0 Å². The molecule has 0 radical (unpaired) electrons. The molecule has 2 aliphatic rings. The van der Waals surface area contributed by atoms with Crippen molar-refractivity contribution in [2.75, 3.05) is 0 Å². The van der Waals surface area contributed by atoms with E-state index in [-0.39, 0.29) is 23.4 Å². The quantitative estimate of drug-likeness (QED) is 0.438. The zero-order valence-corrected chi connectivity index (χ0v) is 8.15. The van der Waals surface area contributed by atoms with Crippen molar-refractivity contribution in [2.45, 2.75) is 26.9 Å². The maximum Gasteiger partial charge on any atom is 0.0862 e. The monoisotopic (exact) mass is 181 g/mol. The number of fused-ring (bicyclic) bond motifs is 1. The topological polar surface area (TPSA) is 52.8 Å². The molecule has 3 unspecified atom stereocenters. The normalized spacial score (nSPS) is 44.2. The molecule has 2 aliphatic carbocycles. The van der Waals surface area contributed by atoms with Crippen LogP contribution in [0.1, 0.15) is 20.8 Å². The van der Waals surface area contributed by atoms with Crippen molar-refractivity contribution in [1.82, 2.24) is 0 Å². The van der Waals surface area contributed by atoms with Crippen molar-refractivity contribution >= 4 is 5.71 Å². The molecule has 0 spiro atoms. The van der Waals surface area contributed by atoms with Gasteiger partial charge in [0.1, 0.15) is 0 Å². The molecular formula is C10H15NO2. The molecule has 0 aromatic rings. The summed E-state index contributed by atoms with van der Waals surface area (Å²) >= 11 is 0. The summed E-state index contributed by atoms with van der Waals surface area (Å²) in [6.07, 6.45) is 1.41. The number of aliphatic hydroxyl groups excluding tert-OH is 1. The first kappa shape index (κ1) is 8.75. The molecule has 0 aromatic heterocycles. The molecular weight excluding hydrogens is 166 g/mol. The molecule has 13 heavy (non-hydrogen) atoms. The summed E-state index contributed by atoms with van der Waals surface area (Å²) in [7, 11) is 0. The van der Waals surface area contributed by atoms with Gasteiger partial charge >= 0.3 is 0 Å².